The van der Waals surface area contributed by atoms with Crippen LogP contribution < -0.4 is 0 Å². The number of aromatic nitrogens is 2. The molecule has 1 atom stereocenters. The van der Waals surface area contributed by atoms with Crippen LogP contribution >= 0.6 is 11.8 Å². The molecule has 1 aromatic heterocycles. The highest BCUT2D eigenvalue weighted by Crippen LogP contribution is 2.28. The standard InChI is InChI=1S/C17H21N3O2S/c1-12-7-5-6-10-20(12)17(21)14-8-3-4-9-15(14)23-11-16-18-13(2)19-22-16/h3-4,8-9,12H,5-7,10-11H2,1-2H3. The van der Waals surface area contributed by atoms with Gasteiger partial charge in [-0.05, 0) is 45.2 Å². The maximum atomic E-state index is 12.9. The van der Waals surface area contributed by atoms with E-state index in [-0.39, 0.29) is 5.91 Å². The predicted molar refractivity (Wildman–Crippen MR) is 89.4 cm³/mol. The summed E-state index contributed by atoms with van der Waals surface area (Å²) in [5, 5.41) is 3.80. The number of nitrogens with zero attached hydrogens (tertiary/aromatic N) is 3. The molecule has 1 fully saturated rings. The van der Waals surface area contributed by atoms with Gasteiger partial charge in [0.05, 0.1) is 11.3 Å². The van der Waals surface area contributed by atoms with Gasteiger partial charge in [0.15, 0.2) is 5.82 Å². The first-order valence-corrected chi connectivity index (χ1v) is 8.95. The molecule has 1 unspecified atom stereocenters. The molecule has 122 valence electrons. The van der Waals surface area contributed by atoms with Crippen LogP contribution in [0.4, 0.5) is 0 Å². The van der Waals surface area contributed by atoms with Crippen LogP contribution in [0.15, 0.2) is 33.7 Å². The van der Waals surface area contributed by atoms with Crippen molar-refractivity contribution in [1.29, 1.82) is 0 Å². The number of aryl methyl sites for hydroxylation is 1. The third kappa shape index (κ3) is 3.75. The molecule has 1 aliphatic heterocycles. The monoisotopic (exact) mass is 331 g/mol. The molecule has 0 spiro atoms. The molecular weight excluding hydrogens is 310 g/mol. The fourth-order valence-electron chi connectivity index (χ4n) is 2.86. The van der Waals surface area contributed by atoms with Gasteiger partial charge in [0.25, 0.3) is 5.91 Å². The molecule has 2 aromatic rings. The lowest BCUT2D eigenvalue weighted by molar-refractivity contribution is 0.0632. The second kappa shape index (κ2) is 7.17. The van der Waals surface area contributed by atoms with E-state index in [1.54, 1.807) is 18.7 Å². The number of carbonyl (C=O) groups excluding carboxylic acids is 1. The summed E-state index contributed by atoms with van der Waals surface area (Å²) in [6.45, 7) is 4.78. The lowest BCUT2D eigenvalue weighted by atomic mass is 10.0. The summed E-state index contributed by atoms with van der Waals surface area (Å²) >= 11 is 1.56. The molecule has 5 nitrogen and oxygen atoms in total. The van der Waals surface area contributed by atoms with Gasteiger partial charge in [-0.15, -0.1) is 11.8 Å². The molecule has 1 amide bonds. The number of likely N-dealkylation sites (tertiary alicyclic amines) is 1. The van der Waals surface area contributed by atoms with Gasteiger partial charge in [0.1, 0.15) is 0 Å². The molecule has 23 heavy (non-hydrogen) atoms. The number of piperidine rings is 1. The molecule has 0 radical (unpaired) electrons. The van der Waals surface area contributed by atoms with Crippen LogP contribution in [0, 0.1) is 6.92 Å². The van der Waals surface area contributed by atoms with Gasteiger partial charge < -0.3 is 9.42 Å². The van der Waals surface area contributed by atoms with E-state index in [1.165, 1.54) is 6.42 Å². The van der Waals surface area contributed by atoms with Gasteiger partial charge in [-0.2, -0.15) is 4.98 Å². The second-order valence-corrected chi connectivity index (χ2v) is 6.88. The maximum absolute atomic E-state index is 12.9. The third-order valence-corrected chi connectivity index (χ3v) is 5.16. The van der Waals surface area contributed by atoms with Crippen molar-refractivity contribution in [3.8, 4) is 0 Å². The summed E-state index contributed by atoms with van der Waals surface area (Å²) in [5.41, 5.74) is 0.766. The van der Waals surface area contributed by atoms with E-state index < -0.39 is 0 Å². The Morgan fingerprint density at radius 3 is 2.96 bits per heavy atom. The Kier molecular flexibility index (Phi) is 5.00. The molecule has 0 N–H and O–H groups in total. The zero-order valence-corrected chi connectivity index (χ0v) is 14.3. The molecule has 2 heterocycles. The summed E-state index contributed by atoms with van der Waals surface area (Å²) in [7, 11) is 0. The first-order valence-electron chi connectivity index (χ1n) is 7.97. The van der Waals surface area contributed by atoms with E-state index in [0.29, 0.717) is 23.5 Å². The van der Waals surface area contributed by atoms with Crippen molar-refractivity contribution >= 4 is 17.7 Å². The van der Waals surface area contributed by atoms with Crippen LogP contribution in [0.25, 0.3) is 0 Å². The van der Waals surface area contributed by atoms with Crippen LogP contribution in [0.3, 0.4) is 0 Å². The molecule has 1 aromatic carbocycles. The van der Waals surface area contributed by atoms with E-state index in [4.69, 9.17) is 4.52 Å². The van der Waals surface area contributed by atoms with Gasteiger partial charge in [0, 0.05) is 17.5 Å². The Bertz CT molecular complexity index is 686. The molecule has 3 rings (SSSR count). The van der Waals surface area contributed by atoms with Crippen LogP contribution in [0.1, 0.15) is 48.3 Å². The van der Waals surface area contributed by atoms with Gasteiger partial charge >= 0.3 is 0 Å². The average Bonchev–Trinajstić information content (AvgIpc) is 2.98. The van der Waals surface area contributed by atoms with Gasteiger partial charge in [-0.25, -0.2) is 0 Å². The minimum absolute atomic E-state index is 0.127. The Hall–Kier alpha value is -1.82. The Balaban J connectivity index is 1.75. The Morgan fingerprint density at radius 2 is 2.22 bits per heavy atom. The summed E-state index contributed by atoms with van der Waals surface area (Å²) in [5.74, 6) is 1.91. The summed E-state index contributed by atoms with van der Waals surface area (Å²) < 4.78 is 5.14. The predicted octanol–water partition coefficient (Wildman–Crippen LogP) is 3.68. The SMILES string of the molecule is Cc1noc(CSc2ccccc2C(=O)N2CCCCC2C)n1. The number of hydrogen-bond donors (Lipinski definition) is 0. The van der Waals surface area contributed by atoms with Crippen molar-refractivity contribution in [2.45, 2.75) is 49.8 Å². The largest absolute Gasteiger partial charge is 0.338 e. The van der Waals surface area contributed by atoms with Crippen molar-refractivity contribution < 1.29 is 9.32 Å². The van der Waals surface area contributed by atoms with Crippen molar-refractivity contribution in [3.63, 3.8) is 0 Å². The molecule has 1 saturated heterocycles. The summed E-state index contributed by atoms with van der Waals surface area (Å²) in [4.78, 5) is 20.1. The van der Waals surface area contributed by atoms with Crippen LogP contribution in [-0.4, -0.2) is 33.5 Å². The molecule has 0 aliphatic carbocycles. The number of benzene rings is 1. The smallest absolute Gasteiger partial charge is 0.255 e. The summed E-state index contributed by atoms with van der Waals surface area (Å²) in [6, 6.07) is 8.08. The Labute approximate surface area is 140 Å². The van der Waals surface area contributed by atoms with Gasteiger partial charge in [-0.1, -0.05) is 17.3 Å². The lowest BCUT2D eigenvalue weighted by Gasteiger charge is -2.33. The first kappa shape index (κ1) is 16.1. The van der Waals surface area contributed by atoms with E-state index in [0.717, 1.165) is 29.8 Å². The molecule has 6 heteroatoms. The number of hydrogen-bond acceptors (Lipinski definition) is 5. The number of thioether (sulfide) groups is 1. The Morgan fingerprint density at radius 1 is 1.39 bits per heavy atom. The number of amides is 1. The zero-order chi connectivity index (χ0) is 16.2. The highest BCUT2D eigenvalue weighted by Gasteiger charge is 2.25. The topological polar surface area (TPSA) is 59.2 Å². The second-order valence-electron chi connectivity index (χ2n) is 5.86. The van der Waals surface area contributed by atoms with E-state index in [1.807, 2.05) is 29.2 Å². The van der Waals surface area contributed by atoms with Crippen molar-refractivity contribution in [2.24, 2.45) is 0 Å². The van der Waals surface area contributed by atoms with Gasteiger partial charge in [-0.3, -0.25) is 4.79 Å². The minimum atomic E-state index is 0.127. The number of carbonyl (C=O) groups is 1. The fraction of sp³-hybridized carbons (Fsp3) is 0.471. The zero-order valence-electron chi connectivity index (χ0n) is 13.5. The minimum Gasteiger partial charge on any atom is -0.338 e. The molecule has 0 bridgehead atoms. The lowest BCUT2D eigenvalue weighted by Crippen LogP contribution is -2.42. The normalized spacial score (nSPS) is 18.2. The van der Waals surface area contributed by atoms with Crippen LogP contribution in [-0.2, 0) is 5.75 Å². The van der Waals surface area contributed by atoms with Crippen LogP contribution in [0.2, 0.25) is 0 Å². The number of rotatable bonds is 4. The van der Waals surface area contributed by atoms with Crippen molar-refractivity contribution in [2.75, 3.05) is 6.54 Å². The highest BCUT2D eigenvalue weighted by molar-refractivity contribution is 7.98. The average molecular weight is 331 g/mol. The molecular formula is C17H21N3O2S. The fourth-order valence-corrected chi connectivity index (χ4v) is 3.74. The van der Waals surface area contributed by atoms with E-state index in [2.05, 4.69) is 17.1 Å². The van der Waals surface area contributed by atoms with Crippen molar-refractivity contribution in [3.05, 3.63) is 41.5 Å². The third-order valence-electron chi connectivity index (χ3n) is 4.10. The van der Waals surface area contributed by atoms with Gasteiger partial charge in [0.2, 0.25) is 5.89 Å². The van der Waals surface area contributed by atoms with E-state index >= 15 is 0 Å². The summed E-state index contributed by atoms with van der Waals surface area (Å²) in [6.07, 6.45) is 3.38. The quantitative estimate of drug-likeness (QED) is 0.800. The molecule has 1 aliphatic rings. The maximum Gasteiger partial charge on any atom is 0.255 e. The highest BCUT2D eigenvalue weighted by atomic mass is 32.2. The van der Waals surface area contributed by atoms with E-state index in [9.17, 15) is 4.79 Å². The molecule has 0 saturated carbocycles. The first-order chi connectivity index (χ1) is 11.1. The van der Waals surface area contributed by atoms with Crippen LogP contribution in [0.5, 0.6) is 0 Å². The van der Waals surface area contributed by atoms with Crippen molar-refractivity contribution in [1.82, 2.24) is 15.0 Å².